The first-order valence-electron chi connectivity index (χ1n) is 6.02. The Morgan fingerprint density at radius 1 is 1.50 bits per heavy atom. The highest BCUT2D eigenvalue weighted by molar-refractivity contribution is 5.68. The van der Waals surface area contributed by atoms with E-state index in [1.807, 2.05) is 0 Å². The maximum absolute atomic E-state index is 11.1. The number of fused-ring (bicyclic) bond motifs is 1. The summed E-state index contributed by atoms with van der Waals surface area (Å²) < 4.78 is 5.35. The quantitative estimate of drug-likeness (QED) is 0.631. The normalized spacial score (nSPS) is 27.5. The summed E-state index contributed by atoms with van der Waals surface area (Å²) in [6, 6.07) is 0. The first-order valence-corrected chi connectivity index (χ1v) is 6.02. The van der Waals surface area contributed by atoms with E-state index in [1.54, 1.807) is 0 Å². The molecule has 0 aromatic rings. The molecule has 0 amide bonds. The van der Waals surface area contributed by atoms with Crippen molar-refractivity contribution in [3.05, 3.63) is 23.0 Å². The topological polar surface area (TPSA) is 26.3 Å². The van der Waals surface area contributed by atoms with Crippen LogP contribution >= 0.6 is 0 Å². The van der Waals surface area contributed by atoms with Crippen LogP contribution in [0, 0.1) is 11.3 Å². The molecule has 0 saturated carbocycles. The molecule has 88 valence electrons. The van der Waals surface area contributed by atoms with E-state index < -0.39 is 0 Å². The van der Waals surface area contributed by atoms with E-state index in [2.05, 4.69) is 26.8 Å². The Hall–Kier alpha value is -1.05. The van der Waals surface area contributed by atoms with E-state index in [-0.39, 0.29) is 11.4 Å². The Morgan fingerprint density at radius 2 is 2.19 bits per heavy atom. The number of ether oxygens (including phenoxy) is 1. The van der Waals surface area contributed by atoms with Gasteiger partial charge in [0, 0.05) is 13.3 Å². The van der Waals surface area contributed by atoms with Crippen LogP contribution in [0.3, 0.4) is 0 Å². The van der Waals surface area contributed by atoms with Crippen molar-refractivity contribution in [3.8, 4) is 0 Å². The molecule has 2 heteroatoms. The van der Waals surface area contributed by atoms with Crippen molar-refractivity contribution in [1.82, 2.24) is 0 Å². The highest BCUT2D eigenvalue weighted by Gasteiger charge is 2.35. The summed E-state index contributed by atoms with van der Waals surface area (Å²) in [6.07, 6.45) is 5.36. The average Bonchev–Trinajstić information content (AvgIpc) is 2.47. The zero-order valence-electron chi connectivity index (χ0n) is 10.6. The van der Waals surface area contributed by atoms with Gasteiger partial charge in [0.25, 0.3) is 0 Å². The van der Waals surface area contributed by atoms with Crippen molar-refractivity contribution in [2.75, 3.05) is 0 Å². The molecule has 0 radical (unpaired) electrons. The van der Waals surface area contributed by atoms with Crippen LogP contribution in [0.1, 0.15) is 47.0 Å². The lowest BCUT2D eigenvalue weighted by Crippen LogP contribution is -2.13. The van der Waals surface area contributed by atoms with E-state index in [4.69, 9.17) is 4.74 Å². The SMILES string of the molecule is CC(=O)OC1=C2CC(C)(C)C=C2C(C)CC1. The fraction of sp³-hybridized carbons (Fsp3) is 0.643. The van der Waals surface area contributed by atoms with Crippen LogP contribution in [0.4, 0.5) is 0 Å². The lowest BCUT2D eigenvalue weighted by molar-refractivity contribution is -0.137. The smallest absolute Gasteiger partial charge is 0.307 e. The molecule has 2 aliphatic rings. The molecule has 2 nitrogen and oxygen atoms in total. The summed E-state index contributed by atoms with van der Waals surface area (Å²) in [5, 5.41) is 0. The van der Waals surface area contributed by atoms with Crippen molar-refractivity contribution in [2.24, 2.45) is 11.3 Å². The minimum absolute atomic E-state index is 0.193. The van der Waals surface area contributed by atoms with E-state index in [9.17, 15) is 4.79 Å². The lowest BCUT2D eigenvalue weighted by atomic mass is 9.85. The summed E-state index contributed by atoms with van der Waals surface area (Å²) in [4.78, 5) is 11.1. The molecule has 0 saturated heterocycles. The first-order chi connectivity index (χ1) is 7.39. The second-order valence-electron chi connectivity index (χ2n) is 5.70. The van der Waals surface area contributed by atoms with E-state index >= 15 is 0 Å². The Morgan fingerprint density at radius 3 is 2.81 bits per heavy atom. The number of carbonyl (C=O) groups is 1. The number of allylic oxidation sites excluding steroid dienone is 4. The minimum atomic E-state index is -0.193. The predicted octanol–water partition coefficient (Wildman–Crippen LogP) is 3.59. The minimum Gasteiger partial charge on any atom is -0.431 e. The zero-order valence-corrected chi connectivity index (χ0v) is 10.6. The van der Waals surface area contributed by atoms with Gasteiger partial charge < -0.3 is 4.74 Å². The molecule has 0 aromatic heterocycles. The summed E-state index contributed by atoms with van der Waals surface area (Å²) in [7, 11) is 0. The number of hydrogen-bond donors (Lipinski definition) is 0. The largest absolute Gasteiger partial charge is 0.431 e. The van der Waals surface area contributed by atoms with Gasteiger partial charge in [-0.2, -0.15) is 0 Å². The number of rotatable bonds is 1. The molecule has 1 atom stereocenters. The fourth-order valence-electron chi connectivity index (χ4n) is 2.76. The number of hydrogen-bond acceptors (Lipinski definition) is 2. The lowest BCUT2D eigenvalue weighted by Gasteiger charge is -2.24. The summed E-state index contributed by atoms with van der Waals surface area (Å²) in [5.41, 5.74) is 2.92. The first kappa shape index (κ1) is 11.4. The van der Waals surface area contributed by atoms with Gasteiger partial charge in [-0.1, -0.05) is 26.8 Å². The van der Waals surface area contributed by atoms with Gasteiger partial charge in [-0.15, -0.1) is 0 Å². The van der Waals surface area contributed by atoms with Gasteiger partial charge in [0.1, 0.15) is 5.76 Å². The van der Waals surface area contributed by atoms with Crippen molar-refractivity contribution >= 4 is 5.97 Å². The molecular formula is C14H20O2. The molecule has 0 N–H and O–H groups in total. The molecule has 0 spiro atoms. The maximum Gasteiger partial charge on any atom is 0.307 e. The molecule has 0 fully saturated rings. The van der Waals surface area contributed by atoms with Gasteiger partial charge in [-0.25, -0.2) is 0 Å². The second-order valence-corrected chi connectivity index (χ2v) is 5.70. The van der Waals surface area contributed by atoms with Gasteiger partial charge in [-0.05, 0) is 35.3 Å². The van der Waals surface area contributed by atoms with Gasteiger partial charge in [0.2, 0.25) is 0 Å². The molecular weight excluding hydrogens is 200 g/mol. The van der Waals surface area contributed by atoms with E-state index in [1.165, 1.54) is 18.1 Å². The fourth-order valence-corrected chi connectivity index (χ4v) is 2.76. The Kier molecular flexibility index (Phi) is 2.69. The molecule has 2 aliphatic carbocycles. The van der Waals surface area contributed by atoms with Crippen LogP contribution in [0.25, 0.3) is 0 Å². The van der Waals surface area contributed by atoms with Crippen LogP contribution in [0.5, 0.6) is 0 Å². The van der Waals surface area contributed by atoms with E-state index in [0.717, 1.165) is 25.0 Å². The third-order valence-corrected chi connectivity index (χ3v) is 3.47. The summed E-state index contributed by atoms with van der Waals surface area (Å²) in [6.45, 7) is 8.22. The highest BCUT2D eigenvalue weighted by atomic mass is 16.5. The standard InChI is InChI=1S/C14H20O2/c1-9-5-6-13(16-10(2)15)12-8-14(3,4)7-11(9)12/h7,9H,5-6,8H2,1-4H3. The van der Waals surface area contributed by atoms with Crippen LogP contribution in [0.2, 0.25) is 0 Å². The number of esters is 1. The second kappa shape index (κ2) is 3.76. The Bertz CT molecular complexity index is 386. The Labute approximate surface area is 97.4 Å². The van der Waals surface area contributed by atoms with Crippen LogP contribution < -0.4 is 0 Å². The summed E-state index contributed by atoms with van der Waals surface area (Å²) in [5.74, 6) is 1.33. The third kappa shape index (κ3) is 2.06. The van der Waals surface area contributed by atoms with Crippen molar-refractivity contribution in [2.45, 2.75) is 47.0 Å². The third-order valence-electron chi connectivity index (χ3n) is 3.47. The van der Waals surface area contributed by atoms with Gasteiger partial charge in [-0.3, -0.25) is 4.79 Å². The molecule has 16 heavy (non-hydrogen) atoms. The molecule has 2 rings (SSSR count). The van der Waals surface area contributed by atoms with Gasteiger partial charge in [0.05, 0.1) is 0 Å². The maximum atomic E-state index is 11.1. The molecule has 0 aliphatic heterocycles. The Balaban J connectivity index is 2.36. The van der Waals surface area contributed by atoms with Crippen molar-refractivity contribution in [1.29, 1.82) is 0 Å². The van der Waals surface area contributed by atoms with Gasteiger partial charge in [0.15, 0.2) is 0 Å². The average molecular weight is 220 g/mol. The predicted molar refractivity (Wildman–Crippen MR) is 63.7 cm³/mol. The van der Waals surface area contributed by atoms with Gasteiger partial charge >= 0.3 is 5.97 Å². The van der Waals surface area contributed by atoms with Crippen LogP contribution in [0.15, 0.2) is 23.0 Å². The summed E-state index contributed by atoms with van der Waals surface area (Å²) >= 11 is 0. The van der Waals surface area contributed by atoms with Crippen molar-refractivity contribution < 1.29 is 9.53 Å². The monoisotopic (exact) mass is 220 g/mol. The van der Waals surface area contributed by atoms with E-state index in [0.29, 0.717) is 5.92 Å². The van der Waals surface area contributed by atoms with Crippen LogP contribution in [-0.4, -0.2) is 5.97 Å². The van der Waals surface area contributed by atoms with Crippen molar-refractivity contribution in [3.63, 3.8) is 0 Å². The molecule has 0 bridgehead atoms. The molecule has 1 unspecified atom stereocenters. The molecule has 0 heterocycles. The van der Waals surface area contributed by atoms with Crippen LogP contribution in [-0.2, 0) is 9.53 Å². The highest BCUT2D eigenvalue weighted by Crippen LogP contribution is 2.48. The number of carbonyl (C=O) groups excluding carboxylic acids is 1. The molecule has 0 aromatic carbocycles. The zero-order chi connectivity index (χ0) is 11.9.